The first kappa shape index (κ1) is 25.7. The van der Waals surface area contributed by atoms with E-state index in [4.69, 9.17) is 10.1 Å². The van der Waals surface area contributed by atoms with E-state index in [-0.39, 0.29) is 5.92 Å². The van der Waals surface area contributed by atoms with Crippen molar-refractivity contribution >= 4 is 22.8 Å². The molecule has 7 nitrogen and oxygen atoms in total. The van der Waals surface area contributed by atoms with Crippen LogP contribution in [0.1, 0.15) is 45.3 Å². The number of nitrogens with zero attached hydrogens (tertiary/aromatic N) is 3. The van der Waals surface area contributed by atoms with Gasteiger partial charge in [-0.1, -0.05) is 30.3 Å². The van der Waals surface area contributed by atoms with E-state index in [9.17, 15) is 9.50 Å². The minimum absolute atomic E-state index is 0.115. The van der Waals surface area contributed by atoms with Crippen LogP contribution < -0.4 is 10.1 Å². The van der Waals surface area contributed by atoms with Crippen molar-refractivity contribution in [2.75, 3.05) is 31.6 Å². The lowest BCUT2D eigenvalue weighted by Crippen LogP contribution is -2.41. The highest BCUT2D eigenvalue weighted by molar-refractivity contribution is 6.54. The van der Waals surface area contributed by atoms with Gasteiger partial charge in [0.25, 0.3) is 0 Å². The number of benzene rings is 2. The van der Waals surface area contributed by atoms with Crippen LogP contribution in [0.3, 0.4) is 0 Å². The summed E-state index contributed by atoms with van der Waals surface area (Å²) in [7, 11) is 0. The number of piperidine rings is 1. The molecule has 3 N–H and O–H groups in total. The number of rotatable bonds is 8. The molecule has 2 aliphatic heterocycles. The van der Waals surface area contributed by atoms with Gasteiger partial charge < -0.3 is 20.1 Å². The van der Waals surface area contributed by atoms with Crippen molar-refractivity contribution in [2.24, 2.45) is 16.1 Å². The summed E-state index contributed by atoms with van der Waals surface area (Å²) in [6, 6.07) is 14.4. The number of anilines is 1. The van der Waals surface area contributed by atoms with Crippen molar-refractivity contribution < 1.29 is 14.2 Å². The Morgan fingerprint density at radius 1 is 1.19 bits per heavy atom. The summed E-state index contributed by atoms with van der Waals surface area (Å²) in [6.45, 7) is 8.18. The highest BCUT2D eigenvalue weighted by Gasteiger charge is 2.31. The molecule has 0 saturated carbocycles. The van der Waals surface area contributed by atoms with Crippen molar-refractivity contribution in [1.82, 2.24) is 4.90 Å². The van der Waals surface area contributed by atoms with Crippen LogP contribution in [0.25, 0.3) is 0 Å². The molecule has 0 amide bonds. The van der Waals surface area contributed by atoms with E-state index < -0.39 is 11.9 Å². The third kappa shape index (κ3) is 5.88. The summed E-state index contributed by atoms with van der Waals surface area (Å²) in [4.78, 5) is 2.26. The van der Waals surface area contributed by atoms with Crippen molar-refractivity contribution in [1.29, 1.82) is 5.41 Å². The van der Waals surface area contributed by atoms with Crippen LogP contribution in [0.5, 0.6) is 5.75 Å². The van der Waals surface area contributed by atoms with Crippen LogP contribution in [-0.2, 0) is 0 Å². The monoisotopic (exact) mass is 491 g/mol. The van der Waals surface area contributed by atoms with E-state index in [1.165, 1.54) is 6.07 Å². The lowest BCUT2D eigenvalue weighted by atomic mass is 9.85. The van der Waals surface area contributed by atoms with Crippen molar-refractivity contribution in [3.05, 3.63) is 71.2 Å². The number of β-amino-alcohol motifs (C(OH)–C–C–N with tert-alkyl or cyclic N) is 1. The average Bonchev–Trinajstić information content (AvgIpc) is 2.87. The van der Waals surface area contributed by atoms with E-state index in [2.05, 4.69) is 20.4 Å². The van der Waals surface area contributed by atoms with Gasteiger partial charge in [-0.25, -0.2) is 4.39 Å². The molecule has 2 aromatic carbocycles. The lowest BCUT2D eigenvalue weighted by molar-refractivity contribution is 0.0964. The zero-order chi connectivity index (χ0) is 25.7. The predicted octanol–water partition coefficient (Wildman–Crippen LogP) is 5.21. The summed E-state index contributed by atoms with van der Waals surface area (Å²) in [5, 5.41) is 31.3. The molecule has 8 heteroatoms. The van der Waals surface area contributed by atoms with E-state index in [1.807, 2.05) is 51.1 Å². The Morgan fingerprint density at radius 3 is 2.58 bits per heavy atom. The second kappa shape index (κ2) is 11.6. The highest BCUT2D eigenvalue weighted by atomic mass is 19.1. The standard InChI is InChI=1S/C28H34FN5O2/c1-4-36-22-10-11-24(23(29)16-22)31-18(2)26-19(3)32-33-28(27(26)30)21-12-14-34(15-13-21)17-25(35)20-8-6-5-7-9-20/h5-11,16,21,25,30-31,35H,4,12-15,17H2,1-3H3/b26-18-,30-27?. The zero-order valence-corrected chi connectivity index (χ0v) is 21.1. The molecule has 2 aliphatic rings. The third-order valence-corrected chi connectivity index (χ3v) is 6.71. The molecule has 1 unspecified atom stereocenters. The van der Waals surface area contributed by atoms with Gasteiger partial charge in [-0.3, -0.25) is 5.41 Å². The first-order valence-corrected chi connectivity index (χ1v) is 12.4. The first-order chi connectivity index (χ1) is 17.4. The van der Waals surface area contributed by atoms with Gasteiger partial charge in [0.2, 0.25) is 0 Å². The Morgan fingerprint density at radius 2 is 1.92 bits per heavy atom. The van der Waals surface area contributed by atoms with Gasteiger partial charge in [-0.15, -0.1) is 0 Å². The zero-order valence-electron chi connectivity index (χ0n) is 21.1. The second-order valence-corrected chi connectivity index (χ2v) is 9.25. The molecule has 36 heavy (non-hydrogen) atoms. The van der Waals surface area contributed by atoms with E-state index in [0.29, 0.717) is 53.0 Å². The molecule has 0 bridgehead atoms. The summed E-state index contributed by atoms with van der Waals surface area (Å²) >= 11 is 0. The fraction of sp³-hybridized carbons (Fsp3) is 0.393. The number of hydrogen-bond acceptors (Lipinski definition) is 7. The Kier molecular flexibility index (Phi) is 8.28. The molecule has 0 aromatic heterocycles. The molecular weight excluding hydrogens is 457 g/mol. The molecule has 0 aliphatic carbocycles. The Labute approximate surface area is 211 Å². The number of nitrogens with one attached hydrogen (secondary N) is 2. The van der Waals surface area contributed by atoms with Crippen LogP contribution in [0.2, 0.25) is 0 Å². The van der Waals surface area contributed by atoms with Gasteiger partial charge in [-0.2, -0.15) is 10.2 Å². The largest absolute Gasteiger partial charge is 0.494 e. The molecule has 1 saturated heterocycles. The van der Waals surface area contributed by atoms with Crippen LogP contribution in [-0.4, -0.2) is 53.4 Å². The summed E-state index contributed by atoms with van der Waals surface area (Å²) < 4.78 is 20.0. The van der Waals surface area contributed by atoms with Crippen molar-refractivity contribution in [2.45, 2.75) is 39.7 Å². The fourth-order valence-electron chi connectivity index (χ4n) is 4.81. The molecule has 0 radical (unpaired) electrons. The fourth-order valence-corrected chi connectivity index (χ4v) is 4.81. The van der Waals surface area contributed by atoms with Crippen LogP contribution in [0.15, 0.2) is 70.0 Å². The van der Waals surface area contributed by atoms with Crippen LogP contribution in [0, 0.1) is 17.1 Å². The van der Waals surface area contributed by atoms with E-state index in [0.717, 1.165) is 31.5 Å². The van der Waals surface area contributed by atoms with Gasteiger partial charge >= 0.3 is 0 Å². The third-order valence-electron chi connectivity index (χ3n) is 6.71. The summed E-state index contributed by atoms with van der Waals surface area (Å²) in [5.74, 6) is 0.173. The Hall–Kier alpha value is -3.36. The normalized spacial score (nSPS) is 19.4. The Balaban J connectivity index is 1.41. The van der Waals surface area contributed by atoms with Gasteiger partial charge in [-0.05, 0) is 64.4 Å². The number of hydrogen-bond donors (Lipinski definition) is 3. The molecule has 4 rings (SSSR count). The number of aliphatic hydroxyl groups excluding tert-OH is 1. The number of halogens is 1. The van der Waals surface area contributed by atoms with E-state index >= 15 is 0 Å². The van der Waals surface area contributed by atoms with Crippen molar-refractivity contribution in [3.8, 4) is 5.75 Å². The minimum atomic E-state index is -0.522. The molecule has 2 aromatic rings. The predicted molar refractivity (Wildman–Crippen MR) is 143 cm³/mol. The molecule has 1 atom stereocenters. The lowest BCUT2D eigenvalue weighted by Gasteiger charge is -2.34. The first-order valence-electron chi connectivity index (χ1n) is 12.4. The van der Waals surface area contributed by atoms with E-state index in [1.54, 1.807) is 12.1 Å². The SMILES string of the molecule is CCOc1ccc(N/C(C)=C2\C(=N)C(C3CCN(CC(O)c4ccccc4)CC3)=NN=C2C)c(F)c1. The van der Waals surface area contributed by atoms with Gasteiger partial charge in [0.1, 0.15) is 11.6 Å². The molecule has 190 valence electrons. The van der Waals surface area contributed by atoms with Crippen LogP contribution in [0.4, 0.5) is 10.1 Å². The smallest absolute Gasteiger partial charge is 0.150 e. The van der Waals surface area contributed by atoms with Gasteiger partial charge in [0.05, 0.1) is 35.5 Å². The highest BCUT2D eigenvalue weighted by Crippen LogP contribution is 2.28. The second-order valence-electron chi connectivity index (χ2n) is 9.25. The molecule has 1 fully saturated rings. The minimum Gasteiger partial charge on any atom is -0.494 e. The molecule has 0 spiro atoms. The number of allylic oxidation sites excluding steroid dienone is 2. The summed E-state index contributed by atoms with van der Waals surface area (Å²) in [5.41, 5.74) is 4.18. The maximum atomic E-state index is 14.6. The number of likely N-dealkylation sites (tertiary alicyclic amines) is 1. The van der Waals surface area contributed by atoms with Gasteiger partial charge in [0, 0.05) is 29.8 Å². The summed E-state index contributed by atoms with van der Waals surface area (Å²) in [6.07, 6.45) is 1.15. The number of ether oxygens (including phenoxy) is 1. The van der Waals surface area contributed by atoms with Crippen molar-refractivity contribution in [3.63, 3.8) is 0 Å². The average molecular weight is 492 g/mol. The van der Waals surface area contributed by atoms with Gasteiger partial charge in [0.15, 0.2) is 0 Å². The maximum Gasteiger partial charge on any atom is 0.150 e. The Bertz CT molecular complexity index is 1180. The molecular formula is C28H34FN5O2. The topological polar surface area (TPSA) is 93.3 Å². The van der Waals surface area contributed by atoms with Crippen LogP contribution >= 0.6 is 0 Å². The molecule has 2 heterocycles. The number of aliphatic hydroxyl groups is 1. The maximum absolute atomic E-state index is 14.6. The quantitative estimate of drug-likeness (QED) is 0.473.